The van der Waals surface area contributed by atoms with Gasteiger partial charge < -0.3 is 32.1 Å². The second kappa shape index (κ2) is 15.5. The molecule has 2 rings (SSSR count). The lowest BCUT2D eigenvalue weighted by molar-refractivity contribution is -0.141. The number of carboxylic acid groups (broad SMARTS) is 2. The van der Waals surface area contributed by atoms with Gasteiger partial charge in [-0.25, -0.2) is 13.6 Å². The largest absolute Gasteiger partial charge is 0.507 e. The third-order valence-corrected chi connectivity index (χ3v) is 5.78. The highest BCUT2D eigenvalue weighted by Gasteiger charge is 2.22. The number of unbranched alkanes of at least 4 members (excludes halogenated alkanes) is 1. The highest BCUT2D eigenvalue weighted by atomic mass is 32.2. The van der Waals surface area contributed by atoms with Crippen LogP contribution in [0.1, 0.15) is 36.5 Å². The van der Waals surface area contributed by atoms with Gasteiger partial charge in [0.2, 0.25) is 11.0 Å². The summed E-state index contributed by atoms with van der Waals surface area (Å²) >= 11 is 0.584. The van der Waals surface area contributed by atoms with Crippen LogP contribution >= 0.6 is 11.8 Å². The van der Waals surface area contributed by atoms with Crippen LogP contribution in [0.2, 0.25) is 0 Å². The smallest absolute Gasteiger partial charge is 0.327 e. The molecule has 10 nitrogen and oxygen atoms in total. The number of aromatic hydroxyl groups is 1. The van der Waals surface area contributed by atoms with E-state index in [2.05, 4.69) is 5.32 Å². The van der Waals surface area contributed by atoms with Gasteiger partial charge in [0, 0.05) is 24.3 Å². The van der Waals surface area contributed by atoms with E-state index in [0.29, 0.717) is 30.8 Å². The lowest BCUT2D eigenvalue weighted by atomic mass is 10.0. The molecule has 13 heteroatoms. The molecule has 0 aliphatic rings. The Morgan fingerprint density at radius 2 is 1.70 bits per heavy atom. The SMILES string of the molecule is CC(=O)N[C@@H](CSC(=O)c1cc(-c2ccc(F)cc2F)ccc1O)C(=O)O.NCCCC[C@H](N)C(=O)O. The number of hydrogen-bond donors (Lipinski definition) is 6. The molecule has 0 spiro atoms. The zero-order chi connectivity index (χ0) is 28.1. The first-order valence-electron chi connectivity index (χ1n) is 11.0. The lowest BCUT2D eigenvalue weighted by Gasteiger charge is -2.13. The Labute approximate surface area is 216 Å². The van der Waals surface area contributed by atoms with Gasteiger partial charge in [-0.15, -0.1) is 0 Å². The minimum Gasteiger partial charge on any atom is -0.507 e. The fourth-order valence-electron chi connectivity index (χ4n) is 2.88. The lowest BCUT2D eigenvalue weighted by Crippen LogP contribution is -2.41. The molecule has 0 unspecified atom stereocenters. The van der Waals surface area contributed by atoms with Crippen LogP contribution in [0.15, 0.2) is 36.4 Å². The van der Waals surface area contributed by atoms with Gasteiger partial charge >= 0.3 is 11.9 Å². The highest BCUT2D eigenvalue weighted by Crippen LogP contribution is 2.30. The van der Waals surface area contributed by atoms with Crippen LogP contribution < -0.4 is 16.8 Å². The zero-order valence-corrected chi connectivity index (χ0v) is 20.8. The molecule has 2 aromatic carbocycles. The van der Waals surface area contributed by atoms with Gasteiger partial charge in [0.1, 0.15) is 29.5 Å². The number of hydrogen-bond acceptors (Lipinski definition) is 8. The second-order valence-corrected chi connectivity index (χ2v) is 8.77. The number of nitrogens with two attached hydrogens (primary N) is 2. The quantitative estimate of drug-likeness (QED) is 0.230. The molecule has 1 amide bonds. The number of nitrogens with one attached hydrogen (secondary N) is 1. The third-order valence-electron chi connectivity index (χ3n) is 4.80. The topological polar surface area (TPSA) is 193 Å². The fraction of sp³-hybridized carbons (Fsp3) is 0.333. The van der Waals surface area contributed by atoms with E-state index in [0.717, 1.165) is 25.8 Å². The van der Waals surface area contributed by atoms with Crippen LogP contribution in [0.3, 0.4) is 0 Å². The number of rotatable bonds is 11. The summed E-state index contributed by atoms with van der Waals surface area (Å²) in [6, 6.07) is 4.75. The van der Waals surface area contributed by atoms with Crippen molar-refractivity contribution in [2.24, 2.45) is 11.5 Å². The van der Waals surface area contributed by atoms with Gasteiger partial charge in [-0.05, 0) is 49.2 Å². The molecule has 0 aromatic heterocycles. The first-order valence-corrected chi connectivity index (χ1v) is 12.0. The zero-order valence-electron chi connectivity index (χ0n) is 19.9. The Morgan fingerprint density at radius 1 is 1.03 bits per heavy atom. The molecular formula is C24H29F2N3O7S. The summed E-state index contributed by atoms with van der Waals surface area (Å²) in [7, 11) is 0. The van der Waals surface area contributed by atoms with Gasteiger partial charge in [-0.1, -0.05) is 24.2 Å². The Bertz CT molecular complexity index is 1120. The molecule has 2 aromatic rings. The number of carboxylic acids is 2. The molecule has 0 radical (unpaired) electrons. The Hall–Kier alpha value is -3.55. The van der Waals surface area contributed by atoms with Crippen molar-refractivity contribution in [2.75, 3.05) is 12.3 Å². The van der Waals surface area contributed by atoms with Gasteiger partial charge in [0.25, 0.3) is 0 Å². The molecule has 0 saturated heterocycles. The average molecular weight is 542 g/mol. The maximum absolute atomic E-state index is 13.9. The Kier molecular flexibility index (Phi) is 13.2. The number of carbonyl (C=O) groups is 4. The molecule has 8 N–H and O–H groups in total. The number of benzene rings is 2. The number of aliphatic carboxylic acids is 2. The van der Waals surface area contributed by atoms with Crippen molar-refractivity contribution in [3.63, 3.8) is 0 Å². The predicted octanol–water partition coefficient (Wildman–Crippen LogP) is 2.33. The van der Waals surface area contributed by atoms with E-state index < -0.39 is 46.7 Å². The van der Waals surface area contributed by atoms with E-state index in [-0.39, 0.29) is 28.2 Å². The summed E-state index contributed by atoms with van der Waals surface area (Å²) in [6.07, 6.45) is 2.16. The number of phenols is 1. The van der Waals surface area contributed by atoms with Gasteiger partial charge in [-0.3, -0.25) is 14.4 Å². The molecule has 2 atom stereocenters. The van der Waals surface area contributed by atoms with E-state index >= 15 is 0 Å². The first kappa shape index (κ1) is 31.5. The summed E-state index contributed by atoms with van der Waals surface area (Å²) in [5.74, 6) is -5.02. The number of carbonyl (C=O) groups excluding carboxylic acids is 2. The van der Waals surface area contributed by atoms with E-state index in [9.17, 15) is 33.1 Å². The predicted molar refractivity (Wildman–Crippen MR) is 134 cm³/mol. The maximum atomic E-state index is 13.9. The van der Waals surface area contributed by atoms with Gasteiger partial charge in [0.15, 0.2) is 0 Å². The molecule has 0 fully saturated rings. The van der Waals surface area contributed by atoms with Crippen molar-refractivity contribution >= 4 is 34.7 Å². The van der Waals surface area contributed by atoms with Crippen LogP contribution in [-0.4, -0.2) is 62.7 Å². The first-order chi connectivity index (χ1) is 17.4. The molecule has 202 valence electrons. The van der Waals surface area contributed by atoms with Crippen LogP contribution in [0.25, 0.3) is 11.1 Å². The maximum Gasteiger partial charge on any atom is 0.327 e. The molecule has 37 heavy (non-hydrogen) atoms. The van der Waals surface area contributed by atoms with Gasteiger partial charge in [0.05, 0.1) is 5.56 Å². The fourth-order valence-corrected chi connectivity index (χ4v) is 3.74. The molecule has 0 heterocycles. The summed E-state index contributed by atoms with van der Waals surface area (Å²) in [5.41, 5.74) is 10.5. The van der Waals surface area contributed by atoms with Crippen molar-refractivity contribution in [2.45, 2.75) is 38.3 Å². The molecular weight excluding hydrogens is 512 g/mol. The summed E-state index contributed by atoms with van der Waals surface area (Å²) in [6.45, 7) is 1.75. The molecule has 0 bridgehead atoms. The van der Waals surface area contributed by atoms with Crippen LogP contribution in [0, 0.1) is 11.6 Å². The average Bonchev–Trinajstić information content (AvgIpc) is 2.82. The summed E-state index contributed by atoms with van der Waals surface area (Å²) in [4.78, 5) is 44.6. The Balaban J connectivity index is 0.000000580. The number of thioether (sulfide) groups is 1. The minimum absolute atomic E-state index is 0.0390. The van der Waals surface area contributed by atoms with Crippen molar-refractivity contribution in [1.82, 2.24) is 5.32 Å². The standard InChI is InChI=1S/C18H15F2NO5S.C6H14N2O2/c1-9(22)21-15(17(24)25)8-27-18(26)13-6-10(2-5-16(13)23)12-4-3-11(19)7-14(12)20;7-4-2-1-3-5(8)6(9)10/h2-7,15,23H,8H2,1H3,(H,21,22)(H,24,25);5H,1-4,7-8H2,(H,9,10)/t15-;5-/m00/s1. The van der Waals surface area contributed by atoms with E-state index in [1.54, 1.807) is 0 Å². The number of halogens is 2. The second-order valence-electron chi connectivity index (χ2n) is 7.78. The van der Waals surface area contributed by atoms with Crippen molar-refractivity contribution in [1.29, 1.82) is 0 Å². The third kappa shape index (κ3) is 10.9. The van der Waals surface area contributed by atoms with Crippen molar-refractivity contribution < 1.29 is 43.3 Å². The molecule has 0 aliphatic carbocycles. The monoisotopic (exact) mass is 541 g/mol. The van der Waals surface area contributed by atoms with Gasteiger partial charge in [-0.2, -0.15) is 0 Å². The summed E-state index contributed by atoms with van der Waals surface area (Å²) in [5, 5.41) is 28.8. The van der Waals surface area contributed by atoms with E-state index in [4.69, 9.17) is 21.7 Å². The minimum atomic E-state index is -1.31. The van der Waals surface area contributed by atoms with Crippen LogP contribution in [-0.2, 0) is 14.4 Å². The van der Waals surface area contributed by atoms with E-state index in [1.165, 1.54) is 24.3 Å². The summed E-state index contributed by atoms with van der Waals surface area (Å²) < 4.78 is 27.0. The van der Waals surface area contributed by atoms with Crippen molar-refractivity contribution in [3.05, 3.63) is 53.6 Å². The van der Waals surface area contributed by atoms with Crippen LogP contribution in [0.4, 0.5) is 8.78 Å². The molecule has 0 aliphatic heterocycles. The number of amides is 1. The number of phenolic OH excluding ortho intramolecular Hbond substituents is 1. The normalized spacial score (nSPS) is 12.0. The van der Waals surface area contributed by atoms with Crippen molar-refractivity contribution in [3.8, 4) is 16.9 Å². The van der Waals surface area contributed by atoms with Crippen LogP contribution in [0.5, 0.6) is 5.75 Å². The Morgan fingerprint density at radius 3 is 2.24 bits per heavy atom. The van der Waals surface area contributed by atoms with E-state index in [1.807, 2.05) is 0 Å². The molecule has 0 saturated carbocycles. The highest BCUT2D eigenvalue weighted by molar-refractivity contribution is 8.14.